The topological polar surface area (TPSA) is 133 Å². The van der Waals surface area contributed by atoms with Crippen LogP contribution in [0.2, 0.25) is 0 Å². The number of primary amides is 1. The van der Waals surface area contributed by atoms with Crippen LogP contribution in [-0.2, 0) is 14.4 Å². The van der Waals surface area contributed by atoms with Crippen LogP contribution in [-0.4, -0.2) is 46.3 Å². The van der Waals surface area contributed by atoms with Crippen molar-refractivity contribution in [2.75, 3.05) is 7.05 Å². The summed E-state index contributed by atoms with van der Waals surface area (Å²) in [4.78, 5) is 34.5. The monoisotopic (exact) mass is 246 g/mol. The normalized spacial score (nSPS) is 24.7. The molecule has 0 spiro atoms. The molecule has 0 aromatic heterocycles. The quantitative estimate of drug-likeness (QED) is 0.373. The highest BCUT2D eigenvalue weighted by atomic mass is 32.2. The minimum absolute atomic E-state index is 0.0825. The van der Waals surface area contributed by atoms with Crippen molar-refractivity contribution in [3.05, 3.63) is 0 Å². The number of nitrogens with two attached hydrogens (primary N) is 3. The summed E-state index contributed by atoms with van der Waals surface area (Å²) in [5.41, 5.74) is 16.0. The van der Waals surface area contributed by atoms with Gasteiger partial charge in [0.15, 0.2) is 0 Å². The number of thioether (sulfide) groups is 1. The van der Waals surface area contributed by atoms with Crippen LogP contribution in [0, 0.1) is 0 Å². The first-order valence-electron chi connectivity index (χ1n) is 4.61. The van der Waals surface area contributed by atoms with E-state index >= 15 is 0 Å². The summed E-state index contributed by atoms with van der Waals surface area (Å²) in [6.45, 7) is 0. The molecule has 6 N–H and O–H groups in total. The number of likely N-dealkylation sites (tertiary alicyclic amines) is 1. The molecule has 16 heavy (non-hydrogen) atoms. The molecule has 8 heteroatoms. The number of rotatable bonds is 4. The van der Waals surface area contributed by atoms with Crippen molar-refractivity contribution >= 4 is 29.5 Å². The summed E-state index contributed by atoms with van der Waals surface area (Å²) < 4.78 is 0. The summed E-state index contributed by atoms with van der Waals surface area (Å²) in [5, 5.41) is -1.36. The van der Waals surface area contributed by atoms with E-state index in [0.29, 0.717) is 0 Å². The summed E-state index contributed by atoms with van der Waals surface area (Å²) in [7, 11) is 1.41. The lowest BCUT2D eigenvalue weighted by molar-refractivity contribution is -0.136. The molecule has 0 aromatic carbocycles. The molecule has 1 heterocycles. The first kappa shape index (κ1) is 12.9. The Morgan fingerprint density at radius 2 is 2.06 bits per heavy atom. The maximum atomic E-state index is 11.5. The Morgan fingerprint density at radius 3 is 2.44 bits per heavy atom. The second kappa shape index (κ2) is 4.81. The number of carbonyl (C=O) groups is 3. The van der Waals surface area contributed by atoms with Gasteiger partial charge in [0.25, 0.3) is 0 Å². The lowest BCUT2D eigenvalue weighted by atomic mass is 10.3. The summed E-state index contributed by atoms with van der Waals surface area (Å²) >= 11 is 0.999. The van der Waals surface area contributed by atoms with E-state index in [9.17, 15) is 14.4 Å². The van der Waals surface area contributed by atoms with Crippen LogP contribution in [0.3, 0.4) is 0 Å². The van der Waals surface area contributed by atoms with Crippen molar-refractivity contribution in [1.82, 2.24) is 4.90 Å². The van der Waals surface area contributed by atoms with E-state index in [1.54, 1.807) is 0 Å². The Labute approximate surface area is 96.7 Å². The van der Waals surface area contributed by atoms with Crippen LogP contribution in [0.1, 0.15) is 6.42 Å². The third-order valence-electron chi connectivity index (χ3n) is 2.34. The molecule has 0 bridgehead atoms. The number of imide groups is 1. The van der Waals surface area contributed by atoms with Crippen molar-refractivity contribution < 1.29 is 14.4 Å². The Balaban J connectivity index is 2.59. The second-order valence-electron chi connectivity index (χ2n) is 3.51. The van der Waals surface area contributed by atoms with Crippen molar-refractivity contribution in [2.24, 2.45) is 17.2 Å². The Hall–Kier alpha value is -1.12. The third-order valence-corrected chi connectivity index (χ3v) is 3.65. The smallest absolute Gasteiger partial charge is 0.242 e. The predicted molar refractivity (Wildman–Crippen MR) is 58.9 cm³/mol. The molecule has 0 saturated carbocycles. The molecule has 90 valence electrons. The van der Waals surface area contributed by atoms with E-state index < -0.39 is 22.6 Å². The summed E-state index contributed by atoms with van der Waals surface area (Å²) in [6, 6.07) is -1.03. The lowest BCUT2D eigenvalue weighted by Crippen LogP contribution is -2.49. The van der Waals surface area contributed by atoms with Gasteiger partial charge >= 0.3 is 0 Å². The Bertz CT molecular complexity index is 335. The molecule has 1 saturated heterocycles. The molecule has 0 aromatic rings. The maximum Gasteiger partial charge on any atom is 0.242 e. The molecular weight excluding hydrogens is 232 g/mol. The highest BCUT2D eigenvalue weighted by Gasteiger charge is 2.38. The van der Waals surface area contributed by atoms with Gasteiger partial charge < -0.3 is 17.2 Å². The fourth-order valence-electron chi connectivity index (χ4n) is 1.26. The van der Waals surface area contributed by atoms with Crippen LogP contribution in [0.5, 0.6) is 0 Å². The molecule has 3 amide bonds. The SMILES string of the molecule is CN1C(=O)CC(SC(N)[C@@H](N)C(N)=O)C1=O. The van der Waals surface area contributed by atoms with E-state index in [4.69, 9.17) is 17.2 Å². The van der Waals surface area contributed by atoms with Crippen molar-refractivity contribution in [1.29, 1.82) is 0 Å². The van der Waals surface area contributed by atoms with Gasteiger partial charge in [-0.15, -0.1) is 11.8 Å². The van der Waals surface area contributed by atoms with Crippen molar-refractivity contribution in [3.63, 3.8) is 0 Å². The van der Waals surface area contributed by atoms with Gasteiger partial charge in [0.1, 0.15) is 6.04 Å². The zero-order chi connectivity index (χ0) is 12.5. The average Bonchev–Trinajstić information content (AvgIpc) is 2.45. The molecule has 1 fully saturated rings. The van der Waals surface area contributed by atoms with Crippen LogP contribution >= 0.6 is 11.8 Å². The largest absolute Gasteiger partial charge is 0.368 e. The zero-order valence-corrected chi connectivity index (χ0v) is 9.57. The molecule has 1 aliphatic rings. The van der Waals surface area contributed by atoms with E-state index in [-0.39, 0.29) is 18.2 Å². The van der Waals surface area contributed by atoms with Gasteiger partial charge in [-0.1, -0.05) is 0 Å². The van der Waals surface area contributed by atoms with Crippen molar-refractivity contribution in [3.8, 4) is 0 Å². The molecular formula is C8H14N4O3S. The van der Waals surface area contributed by atoms with E-state index in [0.717, 1.165) is 16.7 Å². The molecule has 0 radical (unpaired) electrons. The average molecular weight is 246 g/mol. The number of nitrogens with zero attached hydrogens (tertiary/aromatic N) is 1. The van der Waals surface area contributed by atoms with Gasteiger partial charge in [-0.3, -0.25) is 19.3 Å². The Morgan fingerprint density at radius 1 is 1.50 bits per heavy atom. The minimum Gasteiger partial charge on any atom is -0.368 e. The van der Waals surface area contributed by atoms with Crippen LogP contribution < -0.4 is 17.2 Å². The number of carbonyl (C=O) groups excluding carboxylic acids is 3. The molecule has 0 aliphatic carbocycles. The molecule has 1 rings (SSSR count). The van der Waals surface area contributed by atoms with Crippen LogP contribution in [0.15, 0.2) is 0 Å². The second-order valence-corrected chi connectivity index (χ2v) is 4.90. The highest BCUT2D eigenvalue weighted by Crippen LogP contribution is 2.26. The standard InChI is InChI=1S/C8H14N4O3S/c1-12-4(13)2-3(8(12)15)16-7(11)5(9)6(10)14/h3,5,7H,2,9,11H2,1H3,(H2,10,14)/t3?,5-,7?/m0/s1. The molecule has 3 atom stereocenters. The fraction of sp³-hybridized carbons (Fsp3) is 0.625. The van der Waals surface area contributed by atoms with Gasteiger partial charge in [0.2, 0.25) is 17.7 Å². The fourth-order valence-corrected chi connectivity index (χ4v) is 2.46. The van der Waals surface area contributed by atoms with Crippen molar-refractivity contribution in [2.45, 2.75) is 23.1 Å². The maximum absolute atomic E-state index is 11.5. The van der Waals surface area contributed by atoms with E-state index in [1.165, 1.54) is 7.05 Å². The van der Waals surface area contributed by atoms with Gasteiger partial charge in [-0.05, 0) is 0 Å². The number of hydrogen-bond donors (Lipinski definition) is 3. The third kappa shape index (κ3) is 2.52. The van der Waals surface area contributed by atoms with Crippen LogP contribution in [0.25, 0.3) is 0 Å². The first-order chi connectivity index (χ1) is 7.34. The predicted octanol–water partition coefficient (Wildman–Crippen LogP) is -2.43. The summed E-state index contributed by atoms with van der Waals surface area (Å²) in [6.07, 6.45) is 0.0825. The Kier molecular flexibility index (Phi) is 3.89. The highest BCUT2D eigenvalue weighted by molar-refractivity contribution is 8.01. The van der Waals surface area contributed by atoms with E-state index in [2.05, 4.69) is 0 Å². The van der Waals surface area contributed by atoms with Gasteiger partial charge in [0.05, 0.1) is 10.6 Å². The molecule has 7 nitrogen and oxygen atoms in total. The summed E-state index contributed by atoms with van der Waals surface area (Å²) in [5.74, 6) is -1.31. The zero-order valence-electron chi connectivity index (χ0n) is 8.75. The molecule has 2 unspecified atom stereocenters. The lowest BCUT2D eigenvalue weighted by Gasteiger charge is -2.18. The van der Waals surface area contributed by atoms with Gasteiger partial charge in [0, 0.05) is 13.5 Å². The van der Waals surface area contributed by atoms with Gasteiger partial charge in [-0.25, -0.2) is 0 Å². The van der Waals surface area contributed by atoms with Gasteiger partial charge in [-0.2, -0.15) is 0 Å². The van der Waals surface area contributed by atoms with Crippen LogP contribution in [0.4, 0.5) is 0 Å². The first-order valence-corrected chi connectivity index (χ1v) is 5.55. The molecule has 1 aliphatic heterocycles. The van der Waals surface area contributed by atoms with E-state index in [1.807, 2.05) is 0 Å². The minimum atomic E-state index is -1.03. The number of hydrogen-bond acceptors (Lipinski definition) is 6. The number of amides is 3.